The van der Waals surface area contributed by atoms with Gasteiger partial charge in [-0.25, -0.2) is 9.37 Å². The lowest BCUT2D eigenvalue weighted by Crippen LogP contribution is -2.27. The summed E-state index contributed by atoms with van der Waals surface area (Å²) in [5.41, 5.74) is 1.75. The Kier molecular flexibility index (Phi) is 4.98. The molecule has 3 rings (SSSR count). The topological polar surface area (TPSA) is 51.2 Å². The first-order chi connectivity index (χ1) is 11.3. The Balaban J connectivity index is 1.67. The molecule has 5 heteroatoms. The molecule has 1 aromatic heterocycles. The maximum absolute atomic E-state index is 13.8. The summed E-state index contributed by atoms with van der Waals surface area (Å²) in [6.07, 6.45) is 2.76. The van der Waals surface area contributed by atoms with Crippen LogP contribution in [0.1, 0.15) is 40.4 Å². The molecule has 0 unspecified atom stereocenters. The lowest BCUT2D eigenvalue weighted by molar-refractivity contribution is 0.112. The number of carbonyl (C=O) groups excluding carboxylic acids is 1. The quantitative estimate of drug-likeness (QED) is 0.862. The lowest BCUT2D eigenvalue weighted by Gasteiger charge is -2.22. The van der Waals surface area contributed by atoms with Gasteiger partial charge < -0.3 is 10.1 Å². The van der Waals surface area contributed by atoms with Gasteiger partial charge in [0, 0.05) is 28.8 Å². The van der Waals surface area contributed by atoms with E-state index in [9.17, 15) is 9.18 Å². The molecular weight excluding hydrogens is 295 g/mol. The van der Waals surface area contributed by atoms with Crippen LogP contribution >= 0.6 is 0 Å². The molecule has 1 aliphatic rings. The Bertz CT molecular complexity index is 684. The minimum absolute atomic E-state index is 0.0909. The van der Waals surface area contributed by atoms with Crippen molar-refractivity contribution < 1.29 is 13.9 Å². The molecule has 4 nitrogen and oxygen atoms in total. The van der Waals surface area contributed by atoms with Gasteiger partial charge in [0.1, 0.15) is 18.7 Å². The third-order valence-corrected chi connectivity index (χ3v) is 4.09. The van der Waals surface area contributed by atoms with Crippen molar-refractivity contribution in [3.05, 3.63) is 59.0 Å². The van der Waals surface area contributed by atoms with Crippen LogP contribution in [0.15, 0.2) is 36.4 Å². The number of pyridine rings is 1. The number of aldehydes is 1. The first kappa shape index (κ1) is 15.6. The third kappa shape index (κ3) is 3.93. The molecule has 1 aliphatic heterocycles. The number of piperidine rings is 1. The summed E-state index contributed by atoms with van der Waals surface area (Å²) in [7, 11) is 0. The zero-order valence-electron chi connectivity index (χ0n) is 12.8. The van der Waals surface area contributed by atoms with Crippen LogP contribution in [0.2, 0.25) is 0 Å². The van der Waals surface area contributed by atoms with Crippen LogP contribution in [0, 0.1) is 5.82 Å². The van der Waals surface area contributed by atoms with Gasteiger partial charge in [0.05, 0.1) is 0 Å². The van der Waals surface area contributed by atoms with Gasteiger partial charge in [0.25, 0.3) is 0 Å². The Morgan fingerprint density at radius 1 is 1.26 bits per heavy atom. The summed E-state index contributed by atoms with van der Waals surface area (Å²) in [6, 6.07) is 10.1. The Labute approximate surface area is 134 Å². The molecule has 0 atom stereocenters. The highest BCUT2D eigenvalue weighted by Crippen LogP contribution is 2.25. The molecule has 0 aliphatic carbocycles. The fraction of sp³-hybridized carbons (Fsp3) is 0.333. The maximum Gasteiger partial charge on any atom is 0.213 e. The van der Waals surface area contributed by atoms with Gasteiger partial charge in [-0.2, -0.15) is 0 Å². The molecule has 0 bridgehead atoms. The van der Waals surface area contributed by atoms with E-state index in [2.05, 4.69) is 10.3 Å². The van der Waals surface area contributed by atoms with Crippen molar-refractivity contribution in [2.24, 2.45) is 0 Å². The average Bonchev–Trinajstić information content (AvgIpc) is 2.61. The third-order valence-electron chi connectivity index (χ3n) is 4.09. The Hall–Kier alpha value is -2.27. The van der Waals surface area contributed by atoms with Gasteiger partial charge in [0.15, 0.2) is 0 Å². The van der Waals surface area contributed by atoms with E-state index in [0.29, 0.717) is 29.2 Å². The number of hydrogen-bond donors (Lipinski definition) is 1. The number of hydrogen-bond acceptors (Lipinski definition) is 4. The van der Waals surface area contributed by atoms with E-state index in [4.69, 9.17) is 4.74 Å². The van der Waals surface area contributed by atoms with Crippen molar-refractivity contribution in [3.8, 4) is 5.88 Å². The second kappa shape index (κ2) is 7.33. The molecule has 0 amide bonds. The smallest absolute Gasteiger partial charge is 0.213 e. The second-order valence-corrected chi connectivity index (χ2v) is 5.68. The highest BCUT2D eigenvalue weighted by molar-refractivity contribution is 5.74. The Morgan fingerprint density at radius 3 is 2.83 bits per heavy atom. The van der Waals surface area contributed by atoms with Crippen molar-refractivity contribution in [3.63, 3.8) is 0 Å². The van der Waals surface area contributed by atoms with Crippen LogP contribution in [0.25, 0.3) is 0 Å². The van der Waals surface area contributed by atoms with E-state index in [-0.39, 0.29) is 6.61 Å². The molecule has 1 saturated heterocycles. The summed E-state index contributed by atoms with van der Waals surface area (Å²) >= 11 is 0. The van der Waals surface area contributed by atoms with Crippen LogP contribution < -0.4 is 10.1 Å². The number of nitrogens with one attached hydrogen (secondary N) is 1. The minimum Gasteiger partial charge on any atom is -0.473 e. The van der Waals surface area contributed by atoms with Crippen molar-refractivity contribution in [2.45, 2.75) is 25.4 Å². The van der Waals surface area contributed by atoms with Crippen LogP contribution in [0.3, 0.4) is 0 Å². The van der Waals surface area contributed by atoms with Crippen LogP contribution in [-0.2, 0) is 6.61 Å². The van der Waals surface area contributed by atoms with Crippen LogP contribution in [0.4, 0.5) is 4.39 Å². The molecule has 120 valence electrons. The fourth-order valence-electron chi connectivity index (χ4n) is 2.76. The van der Waals surface area contributed by atoms with E-state index in [0.717, 1.165) is 31.6 Å². The second-order valence-electron chi connectivity index (χ2n) is 5.68. The first-order valence-electron chi connectivity index (χ1n) is 7.80. The van der Waals surface area contributed by atoms with Gasteiger partial charge >= 0.3 is 0 Å². The standard InChI is InChI=1S/C18H19FN2O2/c19-16-10-13(11-22)4-5-15(16)12-23-18-3-1-2-17(21-18)14-6-8-20-9-7-14/h1-5,10-11,14,20H,6-9,12H2. The van der Waals surface area contributed by atoms with Gasteiger partial charge in [-0.05, 0) is 38.1 Å². The van der Waals surface area contributed by atoms with Crippen molar-refractivity contribution in [1.29, 1.82) is 0 Å². The molecule has 2 aromatic rings. The van der Waals surface area contributed by atoms with Crippen molar-refractivity contribution >= 4 is 6.29 Å². The van der Waals surface area contributed by atoms with Gasteiger partial charge in [-0.15, -0.1) is 0 Å². The maximum atomic E-state index is 13.8. The van der Waals surface area contributed by atoms with Crippen LogP contribution in [-0.4, -0.2) is 24.4 Å². The molecule has 0 radical (unpaired) electrons. The van der Waals surface area contributed by atoms with E-state index in [1.54, 1.807) is 18.2 Å². The molecule has 0 spiro atoms. The normalized spacial score (nSPS) is 15.3. The fourth-order valence-corrected chi connectivity index (χ4v) is 2.76. The summed E-state index contributed by atoms with van der Waals surface area (Å²) in [5.74, 6) is 0.507. The number of benzene rings is 1. The number of aromatic nitrogens is 1. The van der Waals surface area contributed by atoms with Crippen LogP contribution in [0.5, 0.6) is 5.88 Å². The minimum atomic E-state index is -0.441. The number of ether oxygens (including phenoxy) is 1. The molecular formula is C18H19FN2O2. The van der Waals surface area contributed by atoms with E-state index < -0.39 is 5.82 Å². The van der Waals surface area contributed by atoms with Gasteiger partial charge in [-0.1, -0.05) is 18.2 Å². The first-order valence-corrected chi connectivity index (χ1v) is 7.80. The van der Waals surface area contributed by atoms with E-state index in [1.165, 1.54) is 6.07 Å². The Morgan fingerprint density at radius 2 is 2.09 bits per heavy atom. The van der Waals surface area contributed by atoms with Gasteiger partial charge in [0.2, 0.25) is 5.88 Å². The predicted molar refractivity (Wildman–Crippen MR) is 85.2 cm³/mol. The zero-order chi connectivity index (χ0) is 16.1. The molecule has 1 N–H and O–H groups in total. The highest BCUT2D eigenvalue weighted by Gasteiger charge is 2.16. The average molecular weight is 314 g/mol. The van der Waals surface area contributed by atoms with Crippen molar-refractivity contribution in [1.82, 2.24) is 10.3 Å². The van der Waals surface area contributed by atoms with Crippen molar-refractivity contribution in [2.75, 3.05) is 13.1 Å². The monoisotopic (exact) mass is 314 g/mol. The lowest BCUT2D eigenvalue weighted by atomic mass is 9.94. The summed E-state index contributed by atoms with van der Waals surface area (Å²) in [4.78, 5) is 15.2. The highest BCUT2D eigenvalue weighted by atomic mass is 19.1. The van der Waals surface area contributed by atoms with Gasteiger partial charge in [-0.3, -0.25) is 4.79 Å². The molecule has 2 heterocycles. The number of halogens is 1. The van der Waals surface area contributed by atoms with E-state index in [1.807, 2.05) is 12.1 Å². The zero-order valence-corrected chi connectivity index (χ0v) is 12.8. The summed E-state index contributed by atoms with van der Waals surface area (Å²) in [5, 5.41) is 3.34. The summed E-state index contributed by atoms with van der Waals surface area (Å²) < 4.78 is 19.5. The molecule has 23 heavy (non-hydrogen) atoms. The van der Waals surface area contributed by atoms with E-state index >= 15 is 0 Å². The predicted octanol–water partition coefficient (Wildman–Crippen LogP) is 3.08. The number of nitrogens with zero attached hydrogens (tertiary/aromatic N) is 1. The number of carbonyl (C=O) groups is 1. The molecule has 1 aromatic carbocycles. The largest absolute Gasteiger partial charge is 0.473 e. The molecule has 0 saturated carbocycles. The number of rotatable bonds is 5. The molecule has 1 fully saturated rings. The SMILES string of the molecule is O=Cc1ccc(COc2cccc(C3CCNCC3)n2)c(F)c1. The summed E-state index contributed by atoms with van der Waals surface area (Å²) in [6.45, 7) is 2.10.